The molecule has 1 atom stereocenters. The molecule has 6 heteroatoms. The van der Waals surface area contributed by atoms with Crippen molar-refractivity contribution in [1.82, 2.24) is 10.1 Å². The second kappa shape index (κ2) is 8.61. The molecule has 156 valence electrons. The minimum Gasteiger partial charge on any atom is -0.497 e. The quantitative estimate of drug-likeness (QED) is 0.585. The monoisotopic (exact) mass is 406 g/mol. The van der Waals surface area contributed by atoms with E-state index in [0.29, 0.717) is 17.9 Å². The van der Waals surface area contributed by atoms with Crippen LogP contribution < -0.4 is 9.47 Å². The highest BCUT2D eigenvalue weighted by Crippen LogP contribution is 2.34. The fourth-order valence-corrected chi connectivity index (χ4v) is 3.91. The predicted octanol–water partition coefficient (Wildman–Crippen LogP) is 4.86. The van der Waals surface area contributed by atoms with E-state index in [1.54, 1.807) is 7.11 Å². The molecule has 2 aromatic carbocycles. The number of ether oxygens (including phenoxy) is 2. The number of methoxy groups -OCH3 is 1. The Labute approximate surface area is 176 Å². The van der Waals surface area contributed by atoms with Crippen LogP contribution in [0.3, 0.4) is 0 Å². The van der Waals surface area contributed by atoms with Crippen molar-refractivity contribution >= 4 is 5.91 Å². The molecule has 0 N–H and O–H groups in total. The summed E-state index contributed by atoms with van der Waals surface area (Å²) >= 11 is 0. The topological polar surface area (TPSA) is 64.8 Å². The Kier molecular flexibility index (Phi) is 5.74. The molecule has 6 nitrogen and oxygen atoms in total. The zero-order valence-corrected chi connectivity index (χ0v) is 17.6. The van der Waals surface area contributed by atoms with Crippen LogP contribution >= 0.6 is 0 Å². The summed E-state index contributed by atoms with van der Waals surface area (Å²) < 4.78 is 16.3. The van der Waals surface area contributed by atoms with E-state index in [0.717, 1.165) is 47.7 Å². The number of carbonyl (C=O) groups excluding carboxylic acids is 1. The second-order valence-corrected chi connectivity index (χ2v) is 7.55. The third-order valence-corrected chi connectivity index (χ3v) is 5.68. The lowest BCUT2D eigenvalue weighted by Gasteiger charge is -2.25. The van der Waals surface area contributed by atoms with E-state index < -0.39 is 0 Å². The van der Waals surface area contributed by atoms with Gasteiger partial charge in [0.1, 0.15) is 23.9 Å². The number of hydrogen-bond donors (Lipinski definition) is 0. The lowest BCUT2D eigenvalue weighted by atomic mass is 10.0. The lowest BCUT2D eigenvalue weighted by molar-refractivity contribution is 0.0735. The van der Waals surface area contributed by atoms with Crippen molar-refractivity contribution in [3.05, 3.63) is 76.7 Å². The molecule has 1 aliphatic heterocycles. The van der Waals surface area contributed by atoms with E-state index in [-0.39, 0.29) is 11.9 Å². The smallest absolute Gasteiger partial charge is 0.254 e. The van der Waals surface area contributed by atoms with Gasteiger partial charge in [0, 0.05) is 12.1 Å². The molecule has 0 saturated carbocycles. The Morgan fingerprint density at radius 2 is 1.80 bits per heavy atom. The van der Waals surface area contributed by atoms with Crippen molar-refractivity contribution in [2.75, 3.05) is 13.7 Å². The molecular formula is C24H26N2O4. The average molecular weight is 406 g/mol. The van der Waals surface area contributed by atoms with Gasteiger partial charge in [0.15, 0.2) is 0 Å². The van der Waals surface area contributed by atoms with Crippen LogP contribution in [0.4, 0.5) is 0 Å². The number of carbonyl (C=O) groups is 1. The summed E-state index contributed by atoms with van der Waals surface area (Å²) in [6.07, 6.45) is 1.97. The van der Waals surface area contributed by atoms with Gasteiger partial charge in [-0.3, -0.25) is 4.79 Å². The number of nitrogens with zero attached hydrogens (tertiary/aromatic N) is 2. The van der Waals surface area contributed by atoms with Gasteiger partial charge in [-0.15, -0.1) is 0 Å². The van der Waals surface area contributed by atoms with Gasteiger partial charge in [-0.25, -0.2) is 0 Å². The molecule has 1 unspecified atom stereocenters. The second-order valence-electron chi connectivity index (χ2n) is 7.55. The van der Waals surface area contributed by atoms with Gasteiger partial charge < -0.3 is 18.9 Å². The van der Waals surface area contributed by atoms with Gasteiger partial charge in [-0.1, -0.05) is 17.3 Å². The van der Waals surface area contributed by atoms with Crippen LogP contribution in [0.5, 0.6) is 11.5 Å². The first kappa shape index (κ1) is 20.0. The van der Waals surface area contributed by atoms with Gasteiger partial charge in [0.25, 0.3) is 5.91 Å². The predicted molar refractivity (Wildman–Crippen MR) is 113 cm³/mol. The van der Waals surface area contributed by atoms with Crippen molar-refractivity contribution in [3.63, 3.8) is 0 Å². The van der Waals surface area contributed by atoms with Gasteiger partial charge in [-0.2, -0.15) is 0 Å². The van der Waals surface area contributed by atoms with Crippen LogP contribution in [0.15, 0.2) is 53.1 Å². The maximum Gasteiger partial charge on any atom is 0.254 e. The molecule has 1 saturated heterocycles. The number of aromatic nitrogens is 1. The van der Waals surface area contributed by atoms with Gasteiger partial charge in [-0.05, 0) is 68.7 Å². The molecule has 0 aliphatic carbocycles. The zero-order valence-electron chi connectivity index (χ0n) is 17.6. The third kappa shape index (κ3) is 4.03. The van der Waals surface area contributed by atoms with E-state index in [4.69, 9.17) is 14.0 Å². The Bertz CT molecular complexity index is 989. The average Bonchev–Trinajstić information content (AvgIpc) is 3.39. The van der Waals surface area contributed by atoms with Gasteiger partial charge in [0.2, 0.25) is 0 Å². The summed E-state index contributed by atoms with van der Waals surface area (Å²) in [5.74, 6) is 2.34. The summed E-state index contributed by atoms with van der Waals surface area (Å²) in [6.45, 7) is 4.92. The molecule has 4 rings (SSSR count). The Morgan fingerprint density at radius 3 is 2.43 bits per heavy atom. The molecule has 0 spiro atoms. The Morgan fingerprint density at radius 1 is 1.10 bits per heavy atom. The van der Waals surface area contributed by atoms with Crippen LogP contribution in [-0.2, 0) is 6.61 Å². The number of aryl methyl sites for hydroxylation is 2. The maximum absolute atomic E-state index is 13.1. The highest BCUT2D eigenvalue weighted by atomic mass is 16.5. The number of hydrogen-bond acceptors (Lipinski definition) is 5. The highest BCUT2D eigenvalue weighted by Gasteiger charge is 2.30. The molecule has 1 aromatic heterocycles. The normalized spacial score (nSPS) is 16.0. The molecule has 2 heterocycles. The van der Waals surface area contributed by atoms with Crippen LogP contribution in [0, 0.1) is 13.8 Å². The molecule has 0 radical (unpaired) electrons. The minimum atomic E-state index is 0.0468. The van der Waals surface area contributed by atoms with E-state index in [1.165, 1.54) is 0 Å². The summed E-state index contributed by atoms with van der Waals surface area (Å²) in [5.41, 5.74) is 3.59. The fourth-order valence-electron chi connectivity index (χ4n) is 3.91. The third-order valence-electron chi connectivity index (χ3n) is 5.68. The van der Waals surface area contributed by atoms with Gasteiger partial charge >= 0.3 is 0 Å². The lowest BCUT2D eigenvalue weighted by Crippen LogP contribution is -2.30. The molecule has 1 aliphatic rings. The molecule has 30 heavy (non-hydrogen) atoms. The number of benzene rings is 2. The van der Waals surface area contributed by atoms with Crippen LogP contribution in [0.1, 0.15) is 51.8 Å². The summed E-state index contributed by atoms with van der Waals surface area (Å²) in [7, 11) is 1.65. The van der Waals surface area contributed by atoms with Crippen molar-refractivity contribution in [1.29, 1.82) is 0 Å². The molecule has 0 bridgehead atoms. The SMILES string of the molecule is COc1ccc(C2CCCN2C(=O)c2ccc(OCc3c(C)noc3C)cc2)cc1. The summed E-state index contributed by atoms with van der Waals surface area (Å²) in [5, 5.41) is 3.94. The number of rotatable bonds is 6. The molecule has 1 fully saturated rings. The number of likely N-dealkylation sites (tertiary alicyclic amines) is 1. The standard InChI is InChI=1S/C24H26N2O4/c1-16-22(17(2)30-25-16)15-29-21-12-8-19(9-13-21)24(27)26-14-4-5-23(26)18-6-10-20(28-3)11-7-18/h6-13,23H,4-5,14-15H2,1-3H3. The van der Waals surface area contributed by atoms with Crippen molar-refractivity contribution in [2.45, 2.75) is 39.3 Å². The zero-order chi connectivity index (χ0) is 21.1. The maximum atomic E-state index is 13.1. The summed E-state index contributed by atoms with van der Waals surface area (Å²) in [4.78, 5) is 15.1. The van der Waals surface area contributed by atoms with Crippen molar-refractivity contribution in [3.8, 4) is 11.5 Å². The minimum absolute atomic E-state index is 0.0468. The van der Waals surface area contributed by atoms with Gasteiger partial charge in [0.05, 0.1) is 24.4 Å². The number of amides is 1. The molecule has 3 aromatic rings. The van der Waals surface area contributed by atoms with Crippen molar-refractivity contribution in [2.24, 2.45) is 0 Å². The first-order chi connectivity index (χ1) is 14.6. The Hall–Kier alpha value is -3.28. The van der Waals surface area contributed by atoms with Crippen LogP contribution in [0.25, 0.3) is 0 Å². The molecular weight excluding hydrogens is 380 g/mol. The Balaban J connectivity index is 1.43. The van der Waals surface area contributed by atoms with E-state index in [9.17, 15) is 4.79 Å². The van der Waals surface area contributed by atoms with Crippen molar-refractivity contribution < 1.29 is 18.8 Å². The summed E-state index contributed by atoms with van der Waals surface area (Å²) in [6, 6.07) is 15.4. The fraction of sp³-hybridized carbons (Fsp3) is 0.333. The van der Waals surface area contributed by atoms with E-state index in [2.05, 4.69) is 5.16 Å². The molecule has 1 amide bonds. The van der Waals surface area contributed by atoms with Crippen LogP contribution in [-0.4, -0.2) is 29.6 Å². The van der Waals surface area contributed by atoms with E-state index in [1.807, 2.05) is 67.3 Å². The first-order valence-electron chi connectivity index (χ1n) is 10.2. The van der Waals surface area contributed by atoms with Crippen LogP contribution in [0.2, 0.25) is 0 Å². The highest BCUT2D eigenvalue weighted by molar-refractivity contribution is 5.94. The largest absolute Gasteiger partial charge is 0.497 e. The first-order valence-corrected chi connectivity index (χ1v) is 10.2. The van der Waals surface area contributed by atoms with E-state index >= 15 is 0 Å².